The molecule has 158 valence electrons. The molecule has 0 aromatic heterocycles. The third kappa shape index (κ3) is 6.06. The Hall–Kier alpha value is -3.37. The molecule has 1 saturated heterocycles. The van der Waals surface area contributed by atoms with Gasteiger partial charge in [-0.05, 0) is 50.0 Å². The molecule has 0 saturated carbocycles. The minimum atomic E-state index is -1.58. The smallest absolute Gasteiger partial charge is 0.268 e. The maximum atomic E-state index is 12.3. The Bertz CT molecular complexity index is 923. The van der Waals surface area contributed by atoms with Gasteiger partial charge in [-0.3, -0.25) is 19.6 Å². The van der Waals surface area contributed by atoms with Crippen LogP contribution in [0.1, 0.15) is 29.8 Å². The second-order valence-corrected chi connectivity index (χ2v) is 7.33. The molecule has 2 rings (SSSR count). The molecule has 9 nitrogen and oxygen atoms in total. The zero-order valence-corrected chi connectivity index (χ0v) is 16.7. The van der Waals surface area contributed by atoms with Crippen molar-refractivity contribution in [2.24, 2.45) is 11.7 Å². The fourth-order valence-corrected chi connectivity index (χ4v) is 2.69. The van der Waals surface area contributed by atoms with E-state index in [2.05, 4.69) is 29.0 Å². The van der Waals surface area contributed by atoms with Gasteiger partial charge >= 0.3 is 0 Å². The Labute approximate surface area is 174 Å². The first-order valence-corrected chi connectivity index (χ1v) is 9.22. The quantitative estimate of drug-likeness (QED) is 0.234. The predicted molar refractivity (Wildman–Crippen MR) is 108 cm³/mol. The first-order valence-electron chi connectivity index (χ1n) is 9.22. The Morgan fingerprint density at radius 2 is 1.87 bits per heavy atom. The normalized spacial score (nSPS) is 14.2. The second-order valence-electron chi connectivity index (χ2n) is 7.33. The molecule has 0 radical (unpaired) electrons. The van der Waals surface area contributed by atoms with E-state index in [1.165, 1.54) is 31.5 Å². The number of benzene rings is 1. The van der Waals surface area contributed by atoms with E-state index in [1.807, 2.05) is 0 Å². The van der Waals surface area contributed by atoms with Gasteiger partial charge in [-0.15, -0.1) is 0 Å². The molecular formula is C21H24N4O5. The van der Waals surface area contributed by atoms with Crippen molar-refractivity contribution in [1.29, 1.82) is 0 Å². The summed E-state index contributed by atoms with van der Waals surface area (Å²) in [6.07, 6.45) is 0. The number of likely N-dealkylation sites (tertiary alicyclic amines) is 1. The molecule has 3 amide bonds. The highest BCUT2D eigenvalue weighted by Crippen LogP contribution is 2.14. The van der Waals surface area contributed by atoms with Crippen molar-refractivity contribution >= 4 is 17.7 Å². The molecular weight excluding hydrogens is 388 g/mol. The Morgan fingerprint density at radius 3 is 2.40 bits per heavy atom. The van der Waals surface area contributed by atoms with Crippen molar-refractivity contribution in [3.8, 4) is 23.7 Å². The summed E-state index contributed by atoms with van der Waals surface area (Å²) in [5.41, 5.74) is 6.03. The van der Waals surface area contributed by atoms with E-state index >= 15 is 0 Å². The SMILES string of the molecule is CC(C)(O)[C@H](NC(=O)c1ccc(C#CC#CC2CN(C(=O)CN)C2)cc1)C(=O)NO. The number of hydrogen-bond acceptors (Lipinski definition) is 6. The number of hydrogen-bond donors (Lipinski definition) is 5. The van der Waals surface area contributed by atoms with Crippen molar-refractivity contribution in [1.82, 2.24) is 15.7 Å². The van der Waals surface area contributed by atoms with E-state index in [4.69, 9.17) is 10.9 Å². The van der Waals surface area contributed by atoms with Crippen LogP contribution in [0.3, 0.4) is 0 Å². The molecule has 0 aliphatic carbocycles. The summed E-state index contributed by atoms with van der Waals surface area (Å²) in [4.78, 5) is 37.0. The largest absolute Gasteiger partial charge is 0.388 e. The molecule has 1 aromatic carbocycles. The van der Waals surface area contributed by atoms with Gasteiger partial charge in [0.15, 0.2) is 0 Å². The maximum Gasteiger partial charge on any atom is 0.268 e. The topological polar surface area (TPSA) is 145 Å². The van der Waals surface area contributed by atoms with Gasteiger partial charge in [0, 0.05) is 24.2 Å². The lowest BCUT2D eigenvalue weighted by atomic mass is 9.97. The van der Waals surface area contributed by atoms with E-state index in [0.717, 1.165) is 0 Å². The second kappa shape index (κ2) is 9.90. The number of rotatable bonds is 5. The molecule has 30 heavy (non-hydrogen) atoms. The summed E-state index contributed by atoms with van der Waals surface area (Å²) in [6.45, 7) is 3.80. The van der Waals surface area contributed by atoms with E-state index in [9.17, 15) is 19.5 Å². The van der Waals surface area contributed by atoms with Gasteiger partial charge in [-0.25, -0.2) is 5.48 Å². The monoisotopic (exact) mass is 412 g/mol. The number of aliphatic hydroxyl groups is 1. The minimum Gasteiger partial charge on any atom is -0.388 e. The average Bonchev–Trinajstić information content (AvgIpc) is 2.68. The Balaban J connectivity index is 1.94. The van der Waals surface area contributed by atoms with Crippen LogP contribution in [-0.2, 0) is 9.59 Å². The lowest BCUT2D eigenvalue weighted by Gasteiger charge is -2.35. The third-order valence-corrected chi connectivity index (χ3v) is 4.46. The molecule has 0 bridgehead atoms. The maximum absolute atomic E-state index is 12.3. The molecule has 0 unspecified atom stereocenters. The number of nitrogens with two attached hydrogens (primary N) is 1. The number of carbonyl (C=O) groups is 3. The molecule has 1 fully saturated rings. The van der Waals surface area contributed by atoms with Crippen LogP contribution in [0, 0.1) is 29.6 Å². The number of hydroxylamine groups is 1. The Morgan fingerprint density at radius 1 is 1.23 bits per heavy atom. The van der Waals surface area contributed by atoms with Crippen LogP contribution in [0.4, 0.5) is 0 Å². The van der Waals surface area contributed by atoms with E-state index in [0.29, 0.717) is 18.7 Å². The Kier molecular flexibility index (Phi) is 7.56. The van der Waals surface area contributed by atoms with Gasteiger partial charge in [-0.2, -0.15) is 0 Å². The summed E-state index contributed by atoms with van der Waals surface area (Å²) < 4.78 is 0. The van der Waals surface area contributed by atoms with Gasteiger partial charge in [0.05, 0.1) is 18.1 Å². The highest BCUT2D eigenvalue weighted by molar-refractivity contribution is 5.97. The number of carbonyl (C=O) groups excluding carboxylic acids is 3. The lowest BCUT2D eigenvalue weighted by molar-refractivity contribution is -0.137. The average molecular weight is 412 g/mol. The van der Waals surface area contributed by atoms with Gasteiger partial charge in [0.25, 0.3) is 11.8 Å². The number of nitrogens with one attached hydrogen (secondary N) is 2. The van der Waals surface area contributed by atoms with Crippen molar-refractivity contribution < 1.29 is 24.7 Å². The first-order chi connectivity index (χ1) is 14.2. The number of amides is 3. The van der Waals surface area contributed by atoms with Crippen molar-refractivity contribution in [2.45, 2.75) is 25.5 Å². The molecule has 9 heteroatoms. The van der Waals surface area contributed by atoms with Crippen LogP contribution in [0.15, 0.2) is 24.3 Å². The minimum absolute atomic E-state index is 0.00101. The molecule has 1 heterocycles. The highest BCUT2D eigenvalue weighted by atomic mass is 16.5. The summed E-state index contributed by atoms with van der Waals surface area (Å²) in [7, 11) is 0. The predicted octanol–water partition coefficient (Wildman–Crippen LogP) is -1.17. The van der Waals surface area contributed by atoms with Crippen LogP contribution < -0.4 is 16.5 Å². The van der Waals surface area contributed by atoms with Crippen molar-refractivity contribution in [2.75, 3.05) is 19.6 Å². The van der Waals surface area contributed by atoms with Gasteiger partial charge in [-0.1, -0.05) is 11.8 Å². The zero-order chi connectivity index (χ0) is 22.3. The van der Waals surface area contributed by atoms with Crippen LogP contribution in [0.2, 0.25) is 0 Å². The van der Waals surface area contributed by atoms with E-state index in [1.54, 1.807) is 17.0 Å². The van der Waals surface area contributed by atoms with Gasteiger partial charge in [0.1, 0.15) is 6.04 Å². The molecule has 0 spiro atoms. The molecule has 1 aliphatic heterocycles. The summed E-state index contributed by atoms with van der Waals surface area (Å²) in [5, 5.41) is 21.2. The zero-order valence-electron chi connectivity index (χ0n) is 16.7. The summed E-state index contributed by atoms with van der Waals surface area (Å²) in [6, 6.07) is 4.95. The van der Waals surface area contributed by atoms with Crippen LogP contribution in [0.5, 0.6) is 0 Å². The van der Waals surface area contributed by atoms with Crippen molar-refractivity contribution in [3.05, 3.63) is 35.4 Å². The molecule has 1 atom stereocenters. The van der Waals surface area contributed by atoms with Gasteiger partial charge in [0.2, 0.25) is 5.91 Å². The van der Waals surface area contributed by atoms with Crippen LogP contribution >= 0.6 is 0 Å². The lowest BCUT2D eigenvalue weighted by Crippen LogP contribution is -2.57. The van der Waals surface area contributed by atoms with Crippen molar-refractivity contribution in [3.63, 3.8) is 0 Å². The summed E-state index contributed by atoms with van der Waals surface area (Å²) >= 11 is 0. The van der Waals surface area contributed by atoms with E-state index in [-0.39, 0.29) is 23.9 Å². The first kappa shape index (κ1) is 22.9. The van der Waals surface area contributed by atoms with E-state index < -0.39 is 23.5 Å². The molecule has 1 aliphatic rings. The van der Waals surface area contributed by atoms with Crippen LogP contribution in [-0.4, -0.2) is 64.2 Å². The van der Waals surface area contributed by atoms with Gasteiger partial charge < -0.3 is 21.1 Å². The third-order valence-electron chi connectivity index (χ3n) is 4.46. The molecule has 1 aromatic rings. The number of nitrogens with zero attached hydrogens (tertiary/aromatic N) is 1. The summed E-state index contributed by atoms with van der Waals surface area (Å²) in [5.74, 6) is 9.81. The fraction of sp³-hybridized carbons (Fsp3) is 0.381. The standard InChI is InChI=1S/C21H24N4O5/c1-21(2,29)18(20(28)24-30)23-19(27)16-9-7-14(8-10-16)5-3-4-6-15-12-25(13-15)17(26)11-22/h7-10,15,18,29-30H,11-13,22H2,1-2H3,(H,23,27)(H,24,28)/t18-/m1/s1. The fourth-order valence-electron chi connectivity index (χ4n) is 2.69. The highest BCUT2D eigenvalue weighted by Gasteiger charge is 2.34. The van der Waals surface area contributed by atoms with Crippen LogP contribution in [0.25, 0.3) is 0 Å². The molecule has 6 N–H and O–H groups in total.